The highest BCUT2D eigenvalue weighted by molar-refractivity contribution is 7.99. The second-order valence-electron chi connectivity index (χ2n) is 4.59. The van der Waals surface area contributed by atoms with Crippen LogP contribution in [0.3, 0.4) is 0 Å². The number of Topliss-reactive ketones (excluding diaryl/α,β-unsaturated/α-hetero) is 1. The van der Waals surface area contributed by atoms with Gasteiger partial charge in [0.25, 0.3) is 5.91 Å². The van der Waals surface area contributed by atoms with Crippen molar-refractivity contribution < 1.29 is 14.0 Å². The molecule has 2 aromatic rings. The summed E-state index contributed by atoms with van der Waals surface area (Å²) in [4.78, 5) is 31.4. The summed E-state index contributed by atoms with van der Waals surface area (Å²) >= 11 is 1.17. The largest absolute Gasteiger partial charge is 0.383 e. The lowest BCUT2D eigenvalue weighted by molar-refractivity contribution is -0.116. The lowest BCUT2D eigenvalue weighted by Crippen LogP contribution is -2.16. The number of rotatable bonds is 6. The molecule has 23 heavy (non-hydrogen) atoms. The number of halogens is 1. The highest BCUT2D eigenvalue weighted by atomic mass is 32.2. The summed E-state index contributed by atoms with van der Waals surface area (Å²) in [6, 6.07) is 5.34. The number of nitrogens with one attached hydrogen (secondary N) is 1. The van der Waals surface area contributed by atoms with Gasteiger partial charge in [-0.25, -0.2) is 14.4 Å². The number of hydrogen-bond acceptors (Lipinski definition) is 6. The number of amides is 1. The van der Waals surface area contributed by atoms with Crippen LogP contribution in [0.5, 0.6) is 0 Å². The van der Waals surface area contributed by atoms with Crippen LogP contribution in [0.25, 0.3) is 0 Å². The quantitative estimate of drug-likeness (QED) is 0.622. The SMILES string of the molecule is CCC(=O)CSc1ncc(C(=O)Nc2ccc(F)cc2)c(N)n1. The van der Waals surface area contributed by atoms with Crippen LogP contribution in [-0.4, -0.2) is 27.4 Å². The number of benzene rings is 1. The van der Waals surface area contributed by atoms with Crippen molar-refractivity contribution in [2.24, 2.45) is 0 Å². The van der Waals surface area contributed by atoms with Gasteiger partial charge in [0, 0.05) is 18.3 Å². The summed E-state index contributed by atoms with van der Waals surface area (Å²) in [5.41, 5.74) is 6.31. The molecule has 0 aliphatic rings. The molecule has 0 spiro atoms. The van der Waals surface area contributed by atoms with Gasteiger partial charge in [0.05, 0.1) is 5.75 Å². The Morgan fingerprint density at radius 2 is 2.00 bits per heavy atom. The topological polar surface area (TPSA) is 98.0 Å². The Kier molecular flexibility index (Phi) is 5.64. The number of nitrogens with two attached hydrogens (primary N) is 1. The third-order valence-electron chi connectivity index (χ3n) is 2.90. The molecule has 6 nitrogen and oxygen atoms in total. The van der Waals surface area contributed by atoms with Crippen LogP contribution in [0.15, 0.2) is 35.6 Å². The minimum atomic E-state index is -0.490. The second-order valence-corrected chi connectivity index (χ2v) is 5.54. The van der Waals surface area contributed by atoms with Crippen LogP contribution in [0, 0.1) is 5.82 Å². The monoisotopic (exact) mass is 334 g/mol. The van der Waals surface area contributed by atoms with Gasteiger partial charge in [0.2, 0.25) is 0 Å². The Hall–Kier alpha value is -2.48. The first-order valence-corrected chi connectivity index (χ1v) is 7.82. The van der Waals surface area contributed by atoms with E-state index in [1.54, 1.807) is 6.92 Å². The Balaban J connectivity index is 2.06. The Morgan fingerprint density at radius 3 is 2.61 bits per heavy atom. The van der Waals surface area contributed by atoms with Crippen LogP contribution in [0.2, 0.25) is 0 Å². The van der Waals surface area contributed by atoms with Crippen LogP contribution < -0.4 is 11.1 Å². The number of anilines is 2. The Morgan fingerprint density at radius 1 is 1.30 bits per heavy atom. The molecule has 120 valence electrons. The molecule has 8 heteroatoms. The zero-order valence-corrected chi connectivity index (χ0v) is 13.2. The molecule has 0 aliphatic carbocycles. The number of aromatic nitrogens is 2. The van der Waals surface area contributed by atoms with Crippen LogP contribution in [0.4, 0.5) is 15.9 Å². The average molecular weight is 334 g/mol. The van der Waals surface area contributed by atoms with E-state index in [9.17, 15) is 14.0 Å². The molecule has 0 aliphatic heterocycles. The third kappa shape index (κ3) is 4.75. The first kappa shape index (κ1) is 16.9. The number of thioether (sulfide) groups is 1. The Labute approximate surface area is 136 Å². The standard InChI is InChI=1S/C15H15FN4O2S/c1-2-11(21)8-23-15-18-7-12(13(17)20-15)14(22)19-10-5-3-9(16)4-6-10/h3-7H,2,8H2,1H3,(H,19,22)(H2,17,18,20). The Bertz CT molecular complexity index is 722. The average Bonchev–Trinajstić information content (AvgIpc) is 2.54. The van der Waals surface area contributed by atoms with Crippen molar-refractivity contribution in [2.45, 2.75) is 18.5 Å². The predicted molar refractivity (Wildman–Crippen MR) is 86.8 cm³/mol. The summed E-state index contributed by atoms with van der Waals surface area (Å²) in [5.74, 6) is -0.526. The van der Waals surface area contributed by atoms with Gasteiger partial charge in [-0.3, -0.25) is 9.59 Å². The van der Waals surface area contributed by atoms with Crippen molar-refractivity contribution in [2.75, 3.05) is 16.8 Å². The molecule has 0 atom stereocenters. The van der Waals surface area contributed by atoms with Gasteiger partial charge in [-0.15, -0.1) is 0 Å². The number of carbonyl (C=O) groups excluding carboxylic acids is 2. The number of ketones is 1. The van der Waals surface area contributed by atoms with E-state index in [0.29, 0.717) is 17.3 Å². The summed E-state index contributed by atoms with van der Waals surface area (Å²) in [6.07, 6.45) is 1.75. The number of nitrogen functional groups attached to an aromatic ring is 1. The van der Waals surface area contributed by atoms with Gasteiger partial charge in [-0.05, 0) is 24.3 Å². The third-order valence-corrected chi connectivity index (χ3v) is 3.82. The summed E-state index contributed by atoms with van der Waals surface area (Å²) in [7, 11) is 0. The molecule has 0 fully saturated rings. The molecule has 2 rings (SSSR count). The second kappa shape index (κ2) is 7.68. The van der Waals surface area contributed by atoms with Crippen molar-refractivity contribution in [1.29, 1.82) is 0 Å². The van der Waals surface area contributed by atoms with Gasteiger partial charge in [0.15, 0.2) is 5.16 Å². The van der Waals surface area contributed by atoms with Gasteiger partial charge in [0.1, 0.15) is 23.0 Å². The highest BCUT2D eigenvalue weighted by Gasteiger charge is 2.13. The van der Waals surface area contributed by atoms with E-state index in [-0.39, 0.29) is 22.9 Å². The van der Waals surface area contributed by atoms with Gasteiger partial charge >= 0.3 is 0 Å². The summed E-state index contributed by atoms with van der Waals surface area (Å²) < 4.78 is 12.8. The van der Waals surface area contributed by atoms with E-state index in [4.69, 9.17) is 5.73 Å². The van der Waals surface area contributed by atoms with E-state index in [1.165, 1.54) is 42.2 Å². The van der Waals surface area contributed by atoms with Crippen LogP contribution in [0.1, 0.15) is 23.7 Å². The van der Waals surface area contributed by atoms with E-state index in [0.717, 1.165) is 0 Å². The summed E-state index contributed by atoms with van der Waals surface area (Å²) in [5, 5.41) is 2.91. The first-order valence-electron chi connectivity index (χ1n) is 6.83. The number of nitrogens with zero attached hydrogens (tertiary/aromatic N) is 2. The van der Waals surface area contributed by atoms with Crippen molar-refractivity contribution in [3.05, 3.63) is 41.8 Å². The first-order chi connectivity index (χ1) is 11.0. The molecule has 0 radical (unpaired) electrons. The molecule has 0 saturated heterocycles. The smallest absolute Gasteiger partial charge is 0.260 e. The molecule has 1 amide bonds. The van der Waals surface area contributed by atoms with E-state index >= 15 is 0 Å². The zero-order chi connectivity index (χ0) is 16.8. The number of hydrogen-bond donors (Lipinski definition) is 2. The van der Waals surface area contributed by atoms with Crippen LogP contribution in [-0.2, 0) is 4.79 Å². The maximum absolute atomic E-state index is 12.8. The molecular formula is C15H15FN4O2S. The molecule has 0 unspecified atom stereocenters. The maximum atomic E-state index is 12.8. The predicted octanol–water partition coefficient (Wildman–Crippen LogP) is 2.52. The van der Waals surface area contributed by atoms with E-state index in [1.807, 2.05) is 0 Å². The van der Waals surface area contributed by atoms with Crippen molar-refractivity contribution >= 4 is 35.0 Å². The van der Waals surface area contributed by atoms with Crippen LogP contribution >= 0.6 is 11.8 Å². The minimum Gasteiger partial charge on any atom is -0.383 e. The molecular weight excluding hydrogens is 319 g/mol. The fourth-order valence-electron chi connectivity index (χ4n) is 1.60. The summed E-state index contributed by atoms with van der Waals surface area (Å²) in [6.45, 7) is 1.78. The van der Waals surface area contributed by atoms with E-state index < -0.39 is 11.7 Å². The van der Waals surface area contributed by atoms with Gasteiger partial charge in [-0.2, -0.15) is 0 Å². The maximum Gasteiger partial charge on any atom is 0.260 e. The van der Waals surface area contributed by atoms with Crippen molar-refractivity contribution in [3.63, 3.8) is 0 Å². The van der Waals surface area contributed by atoms with Gasteiger partial charge in [-0.1, -0.05) is 18.7 Å². The molecule has 1 heterocycles. The molecule has 0 bridgehead atoms. The van der Waals surface area contributed by atoms with E-state index in [2.05, 4.69) is 15.3 Å². The normalized spacial score (nSPS) is 10.3. The lowest BCUT2D eigenvalue weighted by Gasteiger charge is -2.07. The highest BCUT2D eigenvalue weighted by Crippen LogP contribution is 2.18. The minimum absolute atomic E-state index is 0.0195. The fraction of sp³-hybridized carbons (Fsp3) is 0.200. The molecule has 1 aromatic heterocycles. The molecule has 3 N–H and O–H groups in total. The molecule has 0 saturated carbocycles. The van der Waals surface area contributed by atoms with Gasteiger partial charge < -0.3 is 11.1 Å². The fourth-order valence-corrected chi connectivity index (χ4v) is 2.39. The lowest BCUT2D eigenvalue weighted by atomic mass is 10.2. The van der Waals surface area contributed by atoms with Crippen molar-refractivity contribution in [3.8, 4) is 0 Å². The molecule has 1 aromatic carbocycles. The number of carbonyl (C=O) groups is 2. The van der Waals surface area contributed by atoms with Crippen molar-refractivity contribution in [1.82, 2.24) is 9.97 Å². The zero-order valence-electron chi connectivity index (χ0n) is 12.4.